The lowest BCUT2D eigenvalue weighted by molar-refractivity contribution is 0.0978. The number of ketones is 1. The van der Waals surface area contributed by atoms with Crippen molar-refractivity contribution in [1.82, 2.24) is 9.80 Å². The minimum atomic E-state index is 0.291. The second-order valence-corrected chi connectivity index (χ2v) is 6.04. The van der Waals surface area contributed by atoms with Gasteiger partial charge in [-0.1, -0.05) is 13.0 Å². The average Bonchev–Trinajstić information content (AvgIpc) is 2.90. The molecule has 1 heterocycles. The quantitative estimate of drug-likeness (QED) is 0.616. The van der Waals surface area contributed by atoms with Crippen molar-refractivity contribution < 1.29 is 4.79 Å². The minimum Gasteiger partial charge on any atom is -0.309 e. The average molecular weight is 282 g/mol. The Morgan fingerprint density at radius 3 is 2.53 bits per heavy atom. The smallest absolute Gasteiger partial charge is 0.172 e. The third kappa shape index (κ3) is 6.85. The summed E-state index contributed by atoms with van der Waals surface area (Å²) >= 11 is 1.54. The van der Waals surface area contributed by atoms with Crippen molar-refractivity contribution in [2.24, 2.45) is 0 Å². The first kappa shape index (κ1) is 16.3. The van der Waals surface area contributed by atoms with E-state index >= 15 is 0 Å². The van der Waals surface area contributed by atoms with Crippen LogP contribution in [-0.4, -0.2) is 55.9 Å². The van der Waals surface area contributed by atoms with Crippen molar-refractivity contribution >= 4 is 17.1 Å². The monoisotopic (exact) mass is 282 g/mol. The maximum Gasteiger partial charge on any atom is 0.172 e. The molecule has 0 aliphatic rings. The summed E-state index contributed by atoms with van der Waals surface area (Å²) in [7, 11) is 4.21. The number of rotatable bonds is 10. The molecule has 0 aliphatic carbocycles. The van der Waals surface area contributed by atoms with Crippen LogP contribution in [0.15, 0.2) is 17.5 Å². The summed E-state index contributed by atoms with van der Waals surface area (Å²) in [5.41, 5.74) is 0. The summed E-state index contributed by atoms with van der Waals surface area (Å²) in [5, 5.41) is 1.97. The zero-order valence-electron chi connectivity index (χ0n) is 12.4. The van der Waals surface area contributed by atoms with Gasteiger partial charge in [-0.2, -0.15) is 0 Å². The maximum atomic E-state index is 11.9. The molecule has 3 nitrogen and oxygen atoms in total. The summed E-state index contributed by atoms with van der Waals surface area (Å²) in [4.78, 5) is 17.4. The molecule has 0 N–H and O–H groups in total. The van der Waals surface area contributed by atoms with E-state index in [-0.39, 0.29) is 0 Å². The molecule has 0 aliphatic heterocycles. The molecule has 1 aromatic rings. The number of thiophene rings is 1. The molecule has 108 valence electrons. The van der Waals surface area contributed by atoms with Crippen LogP contribution in [-0.2, 0) is 0 Å². The molecule has 0 bridgehead atoms. The highest BCUT2D eigenvalue weighted by Crippen LogP contribution is 2.12. The van der Waals surface area contributed by atoms with Crippen LogP contribution in [0, 0.1) is 0 Å². The number of Topliss-reactive ketones (excluding diaryl/α,β-unsaturated/α-hetero) is 1. The van der Waals surface area contributed by atoms with Gasteiger partial charge in [0.25, 0.3) is 0 Å². The van der Waals surface area contributed by atoms with E-state index in [1.54, 1.807) is 11.3 Å². The lowest BCUT2D eigenvalue weighted by atomic mass is 10.2. The molecule has 0 aromatic carbocycles. The Morgan fingerprint density at radius 1 is 1.21 bits per heavy atom. The first-order valence-electron chi connectivity index (χ1n) is 7.07. The van der Waals surface area contributed by atoms with Gasteiger partial charge in [0.1, 0.15) is 0 Å². The Bertz CT molecular complexity index is 349. The SMILES string of the molecule is CCN(CCCC(=O)c1cccs1)CCCN(C)C. The molecule has 0 amide bonds. The topological polar surface area (TPSA) is 23.6 Å². The molecular weight excluding hydrogens is 256 g/mol. The number of hydrogen-bond donors (Lipinski definition) is 0. The van der Waals surface area contributed by atoms with Gasteiger partial charge in [0.2, 0.25) is 0 Å². The zero-order chi connectivity index (χ0) is 14.1. The van der Waals surface area contributed by atoms with Crippen molar-refractivity contribution in [3.63, 3.8) is 0 Å². The van der Waals surface area contributed by atoms with E-state index in [9.17, 15) is 4.79 Å². The van der Waals surface area contributed by atoms with Crippen molar-refractivity contribution in [3.05, 3.63) is 22.4 Å². The fraction of sp³-hybridized carbons (Fsp3) is 0.667. The molecule has 0 atom stereocenters. The summed E-state index contributed by atoms with van der Waals surface area (Å²) in [6, 6.07) is 3.86. The molecule has 1 rings (SSSR count). The van der Waals surface area contributed by atoms with Crippen LogP contribution >= 0.6 is 11.3 Å². The van der Waals surface area contributed by atoms with Gasteiger partial charge in [-0.3, -0.25) is 4.79 Å². The molecule has 0 unspecified atom stereocenters. The first-order valence-corrected chi connectivity index (χ1v) is 7.95. The van der Waals surface area contributed by atoms with Gasteiger partial charge in [-0.25, -0.2) is 0 Å². The van der Waals surface area contributed by atoms with Crippen LogP contribution in [0.5, 0.6) is 0 Å². The van der Waals surface area contributed by atoms with E-state index in [0.717, 1.165) is 37.5 Å². The largest absolute Gasteiger partial charge is 0.309 e. The molecule has 0 spiro atoms. The Labute approximate surface area is 121 Å². The predicted molar refractivity (Wildman–Crippen MR) is 83.2 cm³/mol. The van der Waals surface area contributed by atoms with Crippen molar-refractivity contribution in [1.29, 1.82) is 0 Å². The second kappa shape index (κ2) is 9.23. The summed E-state index contributed by atoms with van der Waals surface area (Å²) in [6.45, 7) is 6.55. The summed E-state index contributed by atoms with van der Waals surface area (Å²) < 4.78 is 0. The highest BCUT2D eigenvalue weighted by Gasteiger charge is 2.08. The minimum absolute atomic E-state index is 0.291. The number of carbonyl (C=O) groups excluding carboxylic acids is 1. The molecular formula is C15H26N2OS. The van der Waals surface area contributed by atoms with E-state index < -0.39 is 0 Å². The van der Waals surface area contributed by atoms with Crippen LogP contribution in [0.25, 0.3) is 0 Å². The van der Waals surface area contributed by atoms with Gasteiger partial charge in [-0.15, -0.1) is 11.3 Å². The van der Waals surface area contributed by atoms with Gasteiger partial charge in [0.15, 0.2) is 5.78 Å². The highest BCUT2D eigenvalue weighted by molar-refractivity contribution is 7.12. The maximum absolute atomic E-state index is 11.9. The van der Waals surface area contributed by atoms with E-state index in [4.69, 9.17) is 0 Å². The number of nitrogens with zero attached hydrogens (tertiary/aromatic N) is 2. The Morgan fingerprint density at radius 2 is 1.95 bits per heavy atom. The Balaban J connectivity index is 2.17. The third-order valence-corrected chi connectivity index (χ3v) is 4.11. The van der Waals surface area contributed by atoms with Crippen LogP contribution < -0.4 is 0 Å². The zero-order valence-corrected chi connectivity index (χ0v) is 13.2. The van der Waals surface area contributed by atoms with E-state index in [1.807, 2.05) is 17.5 Å². The summed E-state index contributed by atoms with van der Waals surface area (Å²) in [5.74, 6) is 0.291. The molecule has 1 aromatic heterocycles. The molecule has 0 saturated heterocycles. The van der Waals surface area contributed by atoms with Gasteiger partial charge >= 0.3 is 0 Å². The van der Waals surface area contributed by atoms with Crippen LogP contribution in [0.1, 0.15) is 35.9 Å². The molecule has 0 saturated carbocycles. The molecule has 0 radical (unpaired) electrons. The Kier molecular flexibility index (Phi) is 7.94. The standard InChI is InChI=1S/C15H26N2OS/c1-4-17(12-7-10-16(2)3)11-5-8-14(18)15-9-6-13-19-15/h6,9,13H,4-5,7-8,10-12H2,1-3H3. The fourth-order valence-corrected chi connectivity index (χ4v) is 2.76. The lowest BCUT2D eigenvalue weighted by Gasteiger charge is -2.21. The molecule has 19 heavy (non-hydrogen) atoms. The van der Waals surface area contributed by atoms with Gasteiger partial charge in [-0.05, 0) is 64.6 Å². The van der Waals surface area contributed by atoms with Gasteiger partial charge < -0.3 is 9.80 Å². The summed E-state index contributed by atoms with van der Waals surface area (Å²) in [6.07, 6.45) is 2.83. The second-order valence-electron chi connectivity index (χ2n) is 5.10. The highest BCUT2D eigenvalue weighted by atomic mass is 32.1. The fourth-order valence-electron chi connectivity index (χ4n) is 2.06. The lowest BCUT2D eigenvalue weighted by Crippen LogP contribution is -2.28. The third-order valence-electron chi connectivity index (χ3n) is 3.20. The van der Waals surface area contributed by atoms with E-state index in [1.165, 1.54) is 6.42 Å². The number of hydrogen-bond acceptors (Lipinski definition) is 4. The predicted octanol–water partition coefficient (Wildman–Crippen LogP) is 2.98. The molecule has 4 heteroatoms. The van der Waals surface area contributed by atoms with Crippen molar-refractivity contribution in [2.45, 2.75) is 26.2 Å². The van der Waals surface area contributed by atoms with Gasteiger partial charge in [0, 0.05) is 6.42 Å². The van der Waals surface area contributed by atoms with Crippen LogP contribution in [0.4, 0.5) is 0 Å². The number of carbonyl (C=O) groups is 1. The normalized spacial score (nSPS) is 11.4. The Hall–Kier alpha value is -0.710. The first-order chi connectivity index (χ1) is 9.13. The van der Waals surface area contributed by atoms with Crippen LogP contribution in [0.2, 0.25) is 0 Å². The van der Waals surface area contributed by atoms with E-state index in [2.05, 4.69) is 30.8 Å². The van der Waals surface area contributed by atoms with Crippen molar-refractivity contribution in [3.8, 4) is 0 Å². The van der Waals surface area contributed by atoms with Crippen molar-refractivity contribution in [2.75, 3.05) is 40.3 Å². The van der Waals surface area contributed by atoms with Gasteiger partial charge in [0.05, 0.1) is 4.88 Å². The van der Waals surface area contributed by atoms with E-state index in [0.29, 0.717) is 12.2 Å². The molecule has 0 fully saturated rings. The van der Waals surface area contributed by atoms with Crippen LogP contribution in [0.3, 0.4) is 0 Å².